The van der Waals surface area contributed by atoms with Crippen LogP contribution >= 0.6 is 0 Å². The normalized spacial score (nSPS) is 32.6. The summed E-state index contributed by atoms with van der Waals surface area (Å²) >= 11 is 0. The Bertz CT molecular complexity index is 1100. The van der Waals surface area contributed by atoms with Gasteiger partial charge in [0.1, 0.15) is 0 Å². The number of rotatable bonds is 3. The molecule has 2 saturated carbocycles. The molecule has 1 heterocycles. The Morgan fingerprint density at radius 2 is 2.00 bits per heavy atom. The van der Waals surface area contributed by atoms with E-state index in [-0.39, 0.29) is 48.1 Å². The minimum absolute atomic E-state index is 0.0413. The van der Waals surface area contributed by atoms with E-state index in [9.17, 15) is 26.4 Å². The summed E-state index contributed by atoms with van der Waals surface area (Å²) in [7, 11) is -3.95. The number of nitriles is 1. The summed E-state index contributed by atoms with van der Waals surface area (Å²) in [6.45, 7) is 5.40. The van der Waals surface area contributed by atoms with Crippen LogP contribution in [0.4, 0.5) is 23.7 Å². The van der Waals surface area contributed by atoms with Gasteiger partial charge in [-0.2, -0.15) is 18.4 Å². The van der Waals surface area contributed by atoms with Crippen molar-refractivity contribution in [3.8, 4) is 6.07 Å². The predicted octanol–water partition coefficient (Wildman–Crippen LogP) is 3.22. The van der Waals surface area contributed by atoms with E-state index in [1.807, 2.05) is 13.8 Å². The molecule has 4 rings (SSSR count). The lowest BCUT2D eigenvalue weighted by atomic mass is 9.77. The molecular formula is C21H25F3N4O3S. The molecule has 5 atom stereocenters. The maximum Gasteiger partial charge on any atom is 0.417 e. The first-order valence-electron chi connectivity index (χ1n) is 10.5. The molecule has 2 aliphatic carbocycles. The van der Waals surface area contributed by atoms with Crippen LogP contribution in [-0.2, 0) is 16.2 Å². The fraction of sp³-hybridized carbons (Fsp3) is 0.619. The third kappa shape index (κ3) is 3.22. The molecule has 3 aliphatic rings. The molecule has 7 nitrogen and oxygen atoms in total. The highest BCUT2D eigenvalue weighted by molar-refractivity contribution is 7.94. The number of nitrogens with one attached hydrogen (secondary N) is 2. The number of fused-ring (bicyclic) bond motifs is 5. The fourth-order valence-electron chi connectivity index (χ4n) is 5.85. The molecule has 0 spiro atoms. The van der Waals surface area contributed by atoms with Crippen molar-refractivity contribution < 1.29 is 26.4 Å². The van der Waals surface area contributed by atoms with Gasteiger partial charge in [-0.3, -0.25) is 4.31 Å². The van der Waals surface area contributed by atoms with Gasteiger partial charge >= 0.3 is 12.2 Å². The Labute approximate surface area is 185 Å². The van der Waals surface area contributed by atoms with Crippen molar-refractivity contribution in [1.29, 1.82) is 5.26 Å². The summed E-state index contributed by atoms with van der Waals surface area (Å²) in [5, 5.41) is 14.7. The second-order valence-corrected chi connectivity index (χ2v) is 11.6. The van der Waals surface area contributed by atoms with Crippen LogP contribution in [0.5, 0.6) is 0 Å². The summed E-state index contributed by atoms with van der Waals surface area (Å²) in [6.07, 6.45) is -3.61. The van der Waals surface area contributed by atoms with Gasteiger partial charge in [0.25, 0.3) is 0 Å². The first-order chi connectivity index (χ1) is 14.8. The zero-order valence-electron chi connectivity index (χ0n) is 17.9. The molecule has 2 bridgehead atoms. The number of nitrogens with zero attached hydrogens (tertiary/aromatic N) is 2. The Balaban J connectivity index is 1.65. The van der Waals surface area contributed by atoms with E-state index >= 15 is 0 Å². The van der Waals surface area contributed by atoms with Gasteiger partial charge in [-0.15, -0.1) is 0 Å². The molecule has 32 heavy (non-hydrogen) atoms. The number of carbonyl (C=O) groups is 1. The Morgan fingerprint density at radius 1 is 1.31 bits per heavy atom. The number of alkyl halides is 3. The highest BCUT2D eigenvalue weighted by Gasteiger charge is 2.70. The Hall–Kier alpha value is -2.48. The van der Waals surface area contributed by atoms with E-state index in [0.717, 1.165) is 16.4 Å². The Morgan fingerprint density at radius 3 is 2.59 bits per heavy atom. The third-order valence-electron chi connectivity index (χ3n) is 7.34. The Kier molecular flexibility index (Phi) is 5.16. The number of benzene rings is 1. The van der Waals surface area contributed by atoms with Crippen molar-refractivity contribution in [2.45, 2.75) is 56.6 Å². The predicted molar refractivity (Wildman–Crippen MR) is 111 cm³/mol. The number of hydrogen-bond acceptors (Lipinski definition) is 4. The van der Waals surface area contributed by atoms with Crippen LogP contribution in [0.25, 0.3) is 0 Å². The van der Waals surface area contributed by atoms with Gasteiger partial charge in [0.2, 0.25) is 10.0 Å². The molecule has 2 amide bonds. The number of sulfonamides is 1. The number of urea groups is 1. The molecule has 0 radical (unpaired) electrons. The molecule has 1 aromatic carbocycles. The van der Waals surface area contributed by atoms with Crippen molar-refractivity contribution in [3.63, 3.8) is 0 Å². The highest BCUT2D eigenvalue weighted by Crippen LogP contribution is 2.62. The summed E-state index contributed by atoms with van der Waals surface area (Å²) < 4.78 is 67.4. The zero-order chi connectivity index (χ0) is 23.6. The number of carbonyl (C=O) groups excluding carboxylic acids is 1. The number of hydrogen-bond donors (Lipinski definition) is 2. The molecule has 2 N–H and O–H groups in total. The van der Waals surface area contributed by atoms with Gasteiger partial charge in [0, 0.05) is 24.5 Å². The van der Waals surface area contributed by atoms with Gasteiger partial charge in [-0.25, -0.2) is 13.2 Å². The largest absolute Gasteiger partial charge is 0.417 e. The number of halogens is 3. The standard InChI is InChI=1S/C21H25F3N4O3S/c1-11(2)26-19(29)27-18-7-13-6-15(18)17-10-28(32(30,31)20(13,17)3)14-5-4-12(9-25)16(8-14)21(22,23)24/h4-5,8,11,13,15,17-18H,6-7,10H2,1-3H3,(H2,26,27,29)/t13-,15-,17-,18+,20+/m0/s1. The molecule has 11 heteroatoms. The maximum atomic E-state index is 13.6. The molecule has 174 valence electrons. The summed E-state index contributed by atoms with van der Waals surface area (Å²) in [4.78, 5) is 12.2. The molecule has 0 unspecified atom stereocenters. The van der Waals surface area contributed by atoms with Gasteiger partial charge in [0.15, 0.2) is 0 Å². The van der Waals surface area contributed by atoms with Crippen LogP contribution in [0.3, 0.4) is 0 Å². The van der Waals surface area contributed by atoms with Crippen molar-refractivity contribution in [3.05, 3.63) is 29.3 Å². The second kappa shape index (κ2) is 7.27. The summed E-state index contributed by atoms with van der Waals surface area (Å²) in [5.41, 5.74) is -1.79. The van der Waals surface area contributed by atoms with E-state index in [4.69, 9.17) is 5.26 Å². The van der Waals surface area contributed by atoms with Crippen molar-refractivity contribution in [1.82, 2.24) is 10.6 Å². The van der Waals surface area contributed by atoms with Crippen molar-refractivity contribution in [2.24, 2.45) is 17.8 Å². The first kappa shape index (κ1) is 22.7. The molecular weight excluding hydrogens is 445 g/mol. The van der Waals surface area contributed by atoms with Gasteiger partial charge < -0.3 is 10.6 Å². The number of amides is 2. The maximum absolute atomic E-state index is 13.6. The minimum atomic E-state index is -4.78. The van der Waals surface area contributed by atoms with Crippen LogP contribution < -0.4 is 14.9 Å². The van der Waals surface area contributed by atoms with E-state index in [2.05, 4.69) is 10.6 Å². The van der Waals surface area contributed by atoms with Crippen molar-refractivity contribution in [2.75, 3.05) is 10.8 Å². The minimum Gasteiger partial charge on any atom is -0.336 e. The summed E-state index contributed by atoms with van der Waals surface area (Å²) in [5.74, 6) is -0.596. The van der Waals surface area contributed by atoms with Crippen molar-refractivity contribution >= 4 is 21.7 Å². The van der Waals surface area contributed by atoms with Gasteiger partial charge in [-0.1, -0.05) is 0 Å². The first-order valence-corrected chi connectivity index (χ1v) is 11.9. The monoisotopic (exact) mass is 470 g/mol. The second-order valence-electron chi connectivity index (χ2n) is 9.38. The van der Waals surface area contributed by atoms with Gasteiger partial charge in [0.05, 0.1) is 27.6 Å². The van der Waals surface area contributed by atoms with Crippen LogP contribution in [-0.4, -0.2) is 37.8 Å². The fourth-order valence-corrected chi connectivity index (χ4v) is 8.31. The SMILES string of the molecule is CC(C)NC(=O)N[C@@H]1C[C@@H]2C[C@H]1[C@@H]1CN(c3ccc(C#N)c(C(F)(F)F)c3)S(=O)(=O)[C@]21C. The van der Waals surface area contributed by atoms with E-state index in [0.29, 0.717) is 12.8 Å². The van der Waals surface area contributed by atoms with Gasteiger partial charge in [-0.05, 0) is 63.6 Å². The molecule has 3 fully saturated rings. The smallest absolute Gasteiger partial charge is 0.336 e. The van der Waals surface area contributed by atoms with Crippen LogP contribution in [0.1, 0.15) is 44.7 Å². The quantitative estimate of drug-likeness (QED) is 0.708. The van der Waals surface area contributed by atoms with Crippen LogP contribution in [0, 0.1) is 29.1 Å². The average molecular weight is 471 g/mol. The van der Waals surface area contributed by atoms with E-state index < -0.39 is 32.1 Å². The molecule has 1 aromatic rings. The highest BCUT2D eigenvalue weighted by atomic mass is 32.2. The zero-order valence-corrected chi connectivity index (χ0v) is 18.7. The average Bonchev–Trinajstić information content (AvgIpc) is 3.27. The molecule has 1 saturated heterocycles. The van der Waals surface area contributed by atoms with E-state index in [1.54, 1.807) is 6.92 Å². The lowest BCUT2D eigenvalue weighted by molar-refractivity contribution is -0.137. The third-order valence-corrected chi connectivity index (χ3v) is 10.0. The lowest BCUT2D eigenvalue weighted by Gasteiger charge is -2.37. The van der Waals surface area contributed by atoms with Crippen LogP contribution in [0.2, 0.25) is 0 Å². The number of anilines is 1. The summed E-state index contributed by atoms with van der Waals surface area (Å²) in [6, 6.07) is 4.00. The lowest BCUT2D eigenvalue weighted by Crippen LogP contribution is -2.53. The topological polar surface area (TPSA) is 102 Å². The molecule has 0 aromatic heterocycles. The molecule has 1 aliphatic heterocycles. The van der Waals surface area contributed by atoms with E-state index in [1.165, 1.54) is 12.1 Å². The van der Waals surface area contributed by atoms with Crippen LogP contribution in [0.15, 0.2) is 18.2 Å².